The van der Waals surface area contributed by atoms with Crippen LogP contribution in [0.5, 0.6) is 5.75 Å². The van der Waals surface area contributed by atoms with Crippen molar-refractivity contribution in [1.29, 1.82) is 0 Å². The first kappa shape index (κ1) is 11.3. The van der Waals surface area contributed by atoms with Crippen LogP contribution in [0.3, 0.4) is 0 Å². The Bertz CT molecular complexity index is 325. The number of methoxy groups -OCH3 is 1. The van der Waals surface area contributed by atoms with Gasteiger partial charge in [-0.2, -0.15) is 0 Å². The number of halogens is 1. The van der Waals surface area contributed by atoms with E-state index in [4.69, 9.17) is 10.5 Å². The van der Waals surface area contributed by atoms with Gasteiger partial charge in [-0.3, -0.25) is 0 Å². The smallest absolute Gasteiger partial charge is 0.120 e. The summed E-state index contributed by atoms with van der Waals surface area (Å²) in [5.41, 5.74) is 7.00. The summed E-state index contributed by atoms with van der Waals surface area (Å²) in [4.78, 5) is 0. The maximum Gasteiger partial charge on any atom is 0.120 e. The molecule has 3 heteroatoms. The molecule has 0 aliphatic rings. The Labute approximate surface area is 92.9 Å². The van der Waals surface area contributed by atoms with Crippen molar-refractivity contribution in [2.24, 2.45) is 5.73 Å². The number of hydrogen-bond acceptors (Lipinski definition) is 2. The Morgan fingerprint density at radius 1 is 1.57 bits per heavy atom. The van der Waals surface area contributed by atoms with Crippen molar-refractivity contribution in [2.45, 2.75) is 12.5 Å². The second-order valence-electron chi connectivity index (χ2n) is 3.06. The molecule has 0 bridgehead atoms. The van der Waals surface area contributed by atoms with E-state index in [0.29, 0.717) is 0 Å². The zero-order valence-corrected chi connectivity index (χ0v) is 9.75. The second-order valence-corrected chi connectivity index (χ2v) is 3.97. The van der Waals surface area contributed by atoms with Crippen molar-refractivity contribution < 1.29 is 4.74 Å². The van der Waals surface area contributed by atoms with Crippen LogP contribution in [0.2, 0.25) is 0 Å². The van der Waals surface area contributed by atoms with Gasteiger partial charge < -0.3 is 10.5 Å². The van der Waals surface area contributed by atoms with Crippen LogP contribution in [-0.2, 0) is 0 Å². The van der Waals surface area contributed by atoms with Crippen LogP contribution < -0.4 is 10.5 Å². The van der Waals surface area contributed by atoms with Gasteiger partial charge in [0.05, 0.1) is 7.11 Å². The molecule has 0 saturated carbocycles. The normalized spacial score (nSPS) is 12.2. The van der Waals surface area contributed by atoms with Crippen molar-refractivity contribution in [3.05, 3.63) is 40.9 Å². The van der Waals surface area contributed by atoms with Crippen molar-refractivity contribution in [1.82, 2.24) is 0 Å². The number of nitrogens with two attached hydrogens (primary N) is 1. The Morgan fingerprint density at radius 2 is 2.29 bits per heavy atom. The highest BCUT2D eigenvalue weighted by molar-refractivity contribution is 9.10. The van der Waals surface area contributed by atoms with Gasteiger partial charge in [0.1, 0.15) is 5.75 Å². The first-order chi connectivity index (χ1) is 6.67. The lowest BCUT2D eigenvalue weighted by atomic mass is 10.0. The summed E-state index contributed by atoms with van der Waals surface area (Å²) < 4.78 is 6.13. The van der Waals surface area contributed by atoms with Gasteiger partial charge in [-0.25, -0.2) is 0 Å². The standard InChI is InChI=1S/C11H14BrNO/c1-3-4-11(13)8-5-9(12)7-10(6-8)14-2/h3,5-7,11H,1,4,13H2,2H3/t11-/m1/s1. The van der Waals surface area contributed by atoms with Gasteiger partial charge in [-0.15, -0.1) is 6.58 Å². The average Bonchev–Trinajstić information content (AvgIpc) is 2.17. The molecule has 14 heavy (non-hydrogen) atoms. The highest BCUT2D eigenvalue weighted by atomic mass is 79.9. The molecule has 2 nitrogen and oxygen atoms in total. The van der Waals surface area contributed by atoms with Crippen LogP contribution in [0.1, 0.15) is 18.0 Å². The van der Waals surface area contributed by atoms with Gasteiger partial charge in [0.2, 0.25) is 0 Å². The molecule has 1 rings (SSSR count). The number of hydrogen-bond donors (Lipinski definition) is 1. The molecular weight excluding hydrogens is 242 g/mol. The molecule has 1 aromatic rings. The van der Waals surface area contributed by atoms with E-state index in [0.717, 1.165) is 22.2 Å². The van der Waals surface area contributed by atoms with E-state index in [1.54, 1.807) is 7.11 Å². The Morgan fingerprint density at radius 3 is 2.86 bits per heavy atom. The largest absolute Gasteiger partial charge is 0.497 e. The first-order valence-corrected chi connectivity index (χ1v) is 5.17. The molecule has 0 heterocycles. The topological polar surface area (TPSA) is 35.2 Å². The van der Waals surface area contributed by atoms with Crippen LogP contribution in [0.4, 0.5) is 0 Å². The van der Waals surface area contributed by atoms with Crippen LogP contribution in [0.25, 0.3) is 0 Å². The second kappa shape index (κ2) is 5.17. The van der Waals surface area contributed by atoms with Crippen LogP contribution in [0, 0.1) is 0 Å². The summed E-state index contributed by atoms with van der Waals surface area (Å²) in [5, 5.41) is 0. The van der Waals surface area contributed by atoms with Gasteiger partial charge in [0.25, 0.3) is 0 Å². The lowest BCUT2D eigenvalue weighted by Gasteiger charge is -2.11. The van der Waals surface area contributed by atoms with Crippen LogP contribution in [-0.4, -0.2) is 7.11 Å². The minimum Gasteiger partial charge on any atom is -0.497 e. The third-order valence-corrected chi connectivity index (χ3v) is 2.44. The molecule has 0 amide bonds. The molecule has 0 saturated heterocycles. The predicted molar refractivity (Wildman–Crippen MR) is 62.4 cm³/mol. The molecular formula is C11H14BrNO. The van der Waals surface area contributed by atoms with Crippen molar-refractivity contribution >= 4 is 15.9 Å². The third-order valence-electron chi connectivity index (χ3n) is 1.98. The summed E-state index contributed by atoms with van der Waals surface area (Å²) in [6.07, 6.45) is 2.58. The molecule has 0 fully saturated rings. The minimum atomic E-state index is -0.0149. The van der Waals surface area contributed by atoms with Gasteiger partial charge in [-0.1, -0.05) is 22.0 Å². The molecule has 0 unspecified atom stereocenters. The zero-order valence-electron chi connectivity index (χ0n) is 8.16. The average molecular weight is 256 g/mol. The van der Waals surface area contributed by atoms with E-state index in [-0.39, 0.29) is 6.04 Å². The van der Waals surface area contributed by atoms with Crippen molar-refractivity contribution in [3.63, 3.8) is 0 Å². The Balaban J connectivity index is 2.96. The van der Waals surface area contributed by atoms with Crippen LogP contribution in [0.15, 0.2) is 35.3 Å². The molecule has 1 aromatic carbocycles. The summed E-state index contributed by atoms with van der Waals surface area (Å²) in [6, 6.07) is 5.83. The zero-order chi connectivity index (χ0) is 10.6. The first-order valence-electron chi connectivity index (χ1n) is 4.38. The minimum absolute atomic E-state index is 0.0149. The predicted octanol–water partition coefficient (Wildman–Crippen LogP) is 3.03. The SMILES string of the molecule is C=CC[C@@H](N)c1cc(Br)cc(OC)c1. The molecule has 0 aliphatic carbocycles. The van der Waals surface area contributed by atoms with Crippen molar-refractivity contribution in [3.8, 4) is 5.75 Å². The van der Waals surface area contributed by atoms with E-state index in [1.807, 2.05) is 24.3 Å². The lowest BCUT2D eigenvalue weighted by molar-refractivity contribution is 0.413. The van der Waals surface area contributed by atoms with E-state index in [9.17, 15) is 0 Å². The van der Waals surface area contributed by atoms with E-state index < -0.39 is 0 Å². The number of rotatable bonds is 4. The van der Waals surface area contributed by atoms with Crippen molar-refractivity contribution in [2.75, 3.05) is 7.11 Å². The maximum atomic E-state index is 5.95. The summed E-state index contributed by atoms with van der Waals surface area (Å²) in [7, 11) is 1.64. The number of benzene rings is 1. The molecule has 0 spiro atoms. The monoisotopic (exact) mass is 255 g/mol. The van der Waals surface area contributed by atoms with E-state index in [1.165, 1.54) is 0 Å². The maximum absolute atomic E-state index is 5.95. The quantitative estimate of drug-likeness (QED) is 0.840. The fourth-order valence-corrected chi connectivity index (χ4v) is 1.72. The lowest BCUT2D eigenvalue weighted by Crippen LogP contribution is -2.09. The third kappa shape index (κ3) is 2.86. The van der Waals surface area contributed by atoms with E-state index >= 15 is 0 Å². The van der Waals surface area contributed by atoms with Gasteiger partial charge in [0.15, 0.2) is 0 Å². The van der Waals surface area contributed by atoms with Gasteiger partial charge in [-0.05, 0) is 30.2 Å². The fourth-order valence-electron chi connectivity index (χ4n) is 1.23. The summed E-state index contributed by atoms with van der Waals surface area (Å²) in [5.74, 6) is 0.814. The fraction of sp³-hybridized carbons (Fsp3) is 0.273. The summed E-state index contributed by atoms with van der Waals surface area (Å²) in [6.45, 7) is 3.67. The Kier molecular flexibility index (Phi) is 4.17. The van der Waals surface area contributed by atoms with Gasteiger partial charge in [0, 0.05) is 10.5 Å². The highest BCUT2D eigenvalue weighted by Crippen LogP contribution is 2.25. The molecule has 0 aromatic heterocycles. The number of ether oxygens (including phenoxy) is 1. The highest BCUT2D eigenvalue weighted by Gasteiger charge is 2.06. The molecule has 1 atom stereocenters. The molecule has 2 N–H and O–H groups in total. The van der Waals surface area contributed by atoms with Crippen LogP contribution >= 0.6 is 15.9 Å². The van der Waals surface area contributed by atoms with Gasteiger partial charge >= 0.3 is 0 Å². The molecule has 76 valence electrons. The van der Waals surface area contributed by atoms with E-state index in [2.05, 4.69) is 22.5 Å². The Hall–Kier alpha value is -0.800. The molecule has 0 aliphatic heterocycles. The molecule has 0 radical (unpaired) electrons. The summed E-state index contributed by atoms with van der Waals surface area (Å²) >= 11 is 3.41.